The number of guanidine groups is 1. The molecule has 6 N–H and O–H groups in total. The van der Waals surface area contributed by atoms with Gasteiger partial charge in [-0.1, -0.05) is 51.2 Å². The minimum Gasteiger partial charge on any atom is -0.382 e. The van der Waals surface area contributed by atoms with Gasteiger partial charge in [0.2, 0.25) is 10.0 Å². The zero-order valence-corrected chi connectivity index (χ0v) is 24.4. The number of piperidine rings is 1. The Bertz CT molecular complexity index is 1520. The molecule has 2 aliphatic rings. The van der Waals surface area contributed by atoms with Crippen LogP contribution in [0.3, 0.4) is 0 Å². The van der Waals surface area contributed by atoms with Crippen molar-refractivity contribution in [3.8, 4) is 0 Å². The van der Waals surface area contributed by atoms with E-state index in [-0.39, 0.29) is 46.8 Å². The second-order valence-electron chi connectivity index (χ2n) is 8.67. The summed E-state index contributed by atoms with van der Waals surface area (Å²) < 4.78 is 34.3. The summed E-state index contributed by atoms with van der Waals surface area (Å²) in [5, 5.41) is 14.1. The summed E-state index contributed by atoms with van der Waals surface area (Å²) in [5.41, 5.74) is 13.1. The van der Waals surface area contributed by atoms with Crippen LogP contribution in [0.15, 0.2) is 26.6 Å². The Kier molecular flexibility index (Phi) is 7.13. The van der Waals surface area contributed by atoms with Gasteiger partial charge in [-0.3, -0.25) is 4.79 Å². The summed E-state index contributed by atoms with van der Waals surface area (Å²) in [4.78, 5) is 25.1. The maximum absolute atomic E-state index is 13.5. The Balaban J connectivity index is 1.30. The predicted octanol–water partition coefficient (Wildman–Crippen LogP) is 0.960. The fourth-order valence-corrected chi connectivity index (χ4v) is 7.11. The van der Waals surface area contributed by atoms with Crippen molar-refractivity contribution in [2.45, 2.75) is 32.1 Å². The summed E-state index contributed by atoms with van der Waals surface area (Å²) in [5.74, 6) is -0.284. The Morgan fingerprint density at radius 3 is 2.54 bits per heavy atom. The molecule has 0 atom stereocenters. The molecular weight excluding hydrogens is 730 g/mol. The maximum Gasteiger partial charge on any atom is 0.302 e. The number of nitrogen functional groups attached to an aromatic ring is 2. The van der Waals surface area contributed by atoms with E-state index in [9.17, 15) is 13.2 Å². The molecule has 17 heteroatoms. The number of anilines is 2. The highest BCUT2D eigenvalue weighted by Gasteiger charge is 2.43. The molecule has 196 valence electrons. The first-order chi connectivity index (χ1) is 17.7. The predicted molar refractivity (Wildman–Crippen MR) is 152 cm³/mol. The minimum atomic E-state index is -3.82. The second-order valence-corrected chi connectivity index (χ2v) is 12.1. The molecule has 2 aromatic heterocycles. The van der Waals surface area contributed by atoms with Crippen LogP contribution >= 0.6 is 45.2 Å². The topological polar surface area (TPSA) is 208 Å². The van der Waals surface area contributed by atoms with Crippen LogP contribution in [-0.4, -0.2) is 70.0 Å². The van der Waals surface area contributed by atoms with Crippen molar-refractivity contribution in [1.29, 1.82) is 0 Å². The van der Waals surface area contributed by atoms with Gasteiger partial charge in [-0.2, -0.15) is 9.30 Å². The standard InChI is InChI=1S/C20H22I2N10O4S/c21-7-10-1-2-12(14-13(10)30-36-31-14)37(34,35)32-5-3-20(4-6-32)9-25-19(29-20)28-18(33)15-17(24)27-16(23)11(8-22)26-15/h1-2H,3-9H2,(H4,23,24,27)(H2,25,28,29,33). The summed E-state index contributed by atoms with van der Waals surface area (Å²) in [6.45, 7) is 1.03. The number of nitrogens with one attached hydrogen (secondary N) is 2. The van der Waals surface area contributed by atoms with Crippen LogP contribution in [0.1, 0.15) is 34.6 Å². The molecule has 0 aliphatic carbocycles. The van der Waals surface area contributed by atoms with E-state index in [0.29, 0.717) is 39.5 Å². The molecule has 37 heavy (non-hydrogen) atoms. The Morgan fingerprint density at radius 1 is 1.11 bits per heavy atom. The summed E-state index contributed by atoms with van der Waals surface area (Å²) >= 11 is 4.25. The van der Waals surface area contributed by atoms with Gasteiger partial charge in [-0.05, 0) is 34.8 Å². The molecule has 0 unspecified atom stereocenters. The Hall–Kier alpha value is -2.39. The summed E-state index contributed by atoms with van der Waals surface area (Å²) in [6, 6.07) is 3.29. The van der Waals surface area contributed by atoms with Gasteiger partial charge in [0, 0.05) is 28.5 Å². The van der Waals surface area contributed by atoms with Crippen molar-refractivity contribution < 1.29 is 17.8 Å². The number of alkyl halides is 2. The van der Waals surface area contributed by atoms with Gasteiger partial charge in [0.15, 0.2) is 23.0 Å². The number of fused-ring (bicyclic) bond motifs is 1. The Morgan fingerprint density at radius 2 is 1.84 bits per heavy atom. The van der Waals surface area contributed by atoms with E-state index < -0.39 is 21.5 Å². The van der Waals surface area contributed by atoms with Gasteiger partial charge in [0.05, 0.1) is 11.2 Å². The highest BCUT2D eigenvalue weighted by molar-refractivity contribution is 14.1. The van der Waals surface area contributed by atoms with E-state index in [1.807, 2.05) is 0 Å². The van der Waals surface area contributed by atoms with Crippen molar-refractivity contribution in [1.82, 2.24) is 35.2 Å². The fourth-order valence-electron chi connectivity index (χ4n) is 4.37. The van der Waals surface area contributed by atoms with Gasteiger partial charge >= 0.3 is 5.91 Å². The van der Waals surface area contributed by atoms with E-state index in [2.05, 4.69) is 81.1 Å². The number of aliphatic imine (C=N–C) groups is 1. The van der Waals surface area contributed by atoms with Crippen molar-refractivity contribution >= 4 is 89.7 Å². The third-order valence-corrected chi connectivity index (χ3v) is 9.92. The van der Waals surface area contributed by atoms with Crippen LogP contribution < -0.4 is 22.1 Å². The van der Waals surface area contributed by atoms with Gasteiger partial charge in [0.1, 0.15) is 16.2 Å². The molecule has 0 saturated carbocycles. The molecule has 1 spiro atoms. The highest BCUT2D eigenvalue weighted by atomic mass is 127. The number of aromatic nitrogens is 4. The zero-order valence-electron chi connectivity index (χ0n) is 19.2. The number of hydrogen-bond donors (Lipinski definition) is 4. The number of carbonyl (C=O) groups is 1. The number of halogens is 2. The molecule has 1 amide bonds. The lowest BCUT2D eigenvalue weighted by molar-refractivity contribution is 0.0998. The number of nitrogens with two attached hydrogens (primary N) is 2. The lowest BCUT2D eigenvalue weighted by atomic mass is 9.90. The molecule has 2 fully saturated rings. The van der Waals surface area contributed by atoms with Crippen LogP contribution in [-0.2, 0) is 18.9 Å². The van der Waals surface area contributed by atoms with Gasteiger partial charge in [0.25, 0.3) is 0 Å². The molecule has 3 aromatic rings. The zero-order chi connectivity index (χ0) is 26.4. The summed E-state index contributed by atoms with van der Waals surface area (Å²) in [7, 11) is -3.82. The number of rotatable bonds is 5. The van der Waals surface area contributed by atoms with Gasteiger partial charge in [-0.25, -0.2) is 23.0 Å². The van der Waals surface area contributed by atoms with Crippen LogP contribution in [0, 0.1) is 0 Å². The average Bonchev–Trinajstić information content (AvgIpc) is 3.51. The Labute approximate surface area is 238 Å². The number of benzene rings is 1. The molecule has 2 saturated heterocycles. The van der Waals surface area contributed by atoms with Crippen LogP contribution in [0.4, 0.5) is 11.6 Å². The molecule has 0 bridgehead atoms. The number of hydrogen-bond acceptors (Lipinski definition) is 10. The van der Waals surface area contributed by atoms with Crippen LogP contribution in [0.2, 0.25) is 0 Å². The van der Waals surface area contributed by atoms with E-state index >= 15 is 0 Å². The third-order valence-electron chi connectivity index (χ3n) is 6.45. The summed E-state index contributed by atoms with van der Waals surface area (Å²) in [6.07, 6.45) is 1.00. The largest absolute Gasteiger partial charge is 0.382 e. The lowest BCUT2D eigenvalue weighted by Crippen LogP contribution is -2.53. The van der Waals surface area contributed by atoms with E-state index in [4.69, 9.17) is 16.1 Å². The second kappa shape index (κ2) is 10.1. The minimum absolute atomic E-state index is 0.0684. The van der Waals surface area contributed by atoms with E-state index in [1.54, 1.807) is 12.1 Å². The van der Waals surface area contributed by atoms with Crippen LogP contribution in [0.5, 0.6) is 0 Å². The first-order valence-electron chi connectivity index (χ1n) is 11.1. The number of sulfonamides is 1. The highest BCUT2D eigenvalue weighted by Crippen LogP contribution is 2.32. The van der Waals surface area contributed by atoms with Crippen molar-refractivity contribution in [2.75, 3.05) is 31.1 Å². The molecule has 4 heterocycles. The number of nitrogens with zero attached hydrogens (tertiary/aromatic N) is 6. The molecule has 1 aromatic carbocycles. The molecular formula is C20H22I2N10O4S. The number of amides is 1. The molecule has 0 radical (unpaired) electrons. The average molecular weight is 752 g/mol. The fraction of sp³-hybridized carbons (Fsp3) is 0.400. The normalized spacial score (nSPS) is 18.8. The first kappa shape index (κ1) is 26.2. The van der Waals surface area contributed by atoms with Crippen molar-refractivity contribution in [3.05, 3.63) is 29.1 Å². The van der Waals surface area contributed by atoms with Gasteiger partial charge < -0.3 is 22.1 Å². The SMILES string of the molecule is Nc1nc(N)c(C(=O)/N=C2\NCC3(CCN(S(=O)(=O)c4ccc(CI)c5nonc45)CC3)N2)nc1CI. The monoisotopic (exact) mass is 752 g/mol. The van der Waals surface area contributed by atoms with Crippen molar-refractivity contribution in [2.24, 2.45) is 4.99 Å². The first-order valence-corrected chi connectivity index (χ1v) is 15.6. The lowest BCUT2D eigenvalue weighted by Gasteiger charge is -2.37. The molecule has 14 nitrogen and oxygen atoms in total. The van der Waals surface area contributed by atoms with Gasteiger partial charge in [-0.15, -0.1) is 0 Å². The molecule has 5 rings (SSSR count). The van der Waals surface area contributed by atoms with E-state index in [0.717, 1.165) is 5.56 Å². The third kappa shape index (κ3) is 4.80. The van der Waals surface area contributed by atoms with Crippen molar-refractivity contribution in [3.63, 3.8) is 0 Å². The quantitative estimate of drug-likeness (QED) is 0.213. The smallest absolute Gasteiger partial charge is 0.302 e. The number of carbonyl (C=O) groups excluding carboxylic acids is 1. The molecule has 2 aliphatic heterocycles. The maximum atomic E-state index is 13.5. The van der Waals surface area contributed by atoms with Crippen LogP contribution in [0.25, 0.3) is 11.0 Å². The van der Waals surface area contributed by atoms with E-state index in [1.165, 1.54) is 4.31 Å².